The van der Waals surface area contributed by atoms with Crippen LogP contribution in [0, 0.1) is 0 Å². The second kappa shape index (κ2) is 7.64. The summed E-state index contributed by atoms with van der Waals surface area (Å²) in [6.07, 6.45) is 3.69. The number of hydrogen-bond acceptors (Lipinski definition) is 5. The van der Waals surface area contributed by atoms with Gasteiger partial charge in [-0.1, -0.05) is 0 Å². The lowest BCUT2D eigenvalue weighted by Gasteiger charge is -2.20. The molecule has 2 aromatic rings. The van der Waals surface area contributed by atoms with E-state index in [2.05, 4.69) is 10.6 Å². The summed E-state index contributed by atoms with van der Waals surface area (Å²) in [5.74, 6) is -0.266. The van der Waals surface area contributed by atoms with E-state index in [1.54, 1.807) is 26.0 Å². The maximum Gasteiger partial charge on any atom is 0.255 e. The summed E-state index contributed by atoms with van der Waals surface area (Å²) in [7, 11) is 0. The fourth-order valence-electron chi connectivity index (χ4n) is 2.10. The average molecular weight is 320 g/mol. The number of aliphatic hydroxyl groups is 1. The minimum atomic E-state index is -0.795. The van der Waals surface area contributed by atoms with Crippen LogP contribution in [0.5, 0.6) is 0 Å². The van der Waals surface area contributed by atoms with Gasteiger partial charge >= 0.3 is 0 Å². The molecule has 0 aromatic carbocycles. The monoisotopic (exact) mass is 320 g/mol. The van der Waals surface area contributed by atoms with E-state index >= 15 is 0 Å². The van der Waals surface area contributed by atoms with Gasteiger partial charge < -0.3 is 24.6 Å². The summed E-state index contributed by atoms with van der Waals surface area (Å²) < 4.78 is 9.94. The Bertz CT molecular complexity index is 621. The van der Waals surface area contributed by atoms with Crippen molar-refractivity contribution in [3.8, 4) is 0 Å². The van der Waals surface area contributed by atoms with Gasteiger partial charge in [-0.15, -0.1) is 0 Å². The molecule has 3 atom stereocenters. The maximum absolute atomic E-state index is 12.1. The summed E-state index contributed by atoms with van der Waals surface area (Å²) in [5, 5.41) is 15.3. The Labute approximate surface area is 133 Å². The fourth-order valence-corrected chi connectivity index (χ4v) is 2.10. The summed E-state index contributed by atoms with van der Waals surface area (Å²) in [6, 6.07) is 3.89. The molecule has 2 rings (SSSR count). The Morgan fingerprint density at radius 2 is 2.00 bits per heavy atom. The van der Waals surface area contributed by atoms with E-state index in [0.717, 1.165) is 0 Å². The van der Waals surface area contributed by atoms with Gasteiger partial charge in [0.15, 0.2) is 0 Å². The molecule has 0 aliphatic rings. The van der Waals surface area contributed by atoms with Gasteiger partial charge in [0.25, 0.3) is 5.91 Å². The third-order valence-electron chi connectivity index (χ3n) is 3.36. The normalized spacial score (nSPS) is 14.7. The van der Waals surface area contributed by atoms with Crippen molar-refractivity contribution in [1.29, 1.82) is 0 Å². The number of aliphatic hydroxyl groups excluding tert-OH is 1. The Hall–Kier alpha value is -2.54. The molecule has 0 spiro atoms. The number of amides is 2. The van der Waals surface area contributed by atoms with Crippen molar-refractivity contribution in [3.05, 3.63) is 48.3 Å². The first kappa shape index (κ1) is 16.8. The van der Waals surface area contributed by atoms with E-state index in [1.165, 1.54) is 24.9 Å². The second-order valence-electron chi connectivity index (χ2n) is 5.38. The summed E-state index contributed by atoms with van der Waals surface area (Å²) in [6.45, 7) is 3.36. The number of carbonyl (C=O) groups excluding carboxylic acids is 2. The zero-order valence-corrected chi connectivity index (χ0v) is 13.0. The van der Waals surface area contributed by atoms with Crippen LogP contribution in [0.2, 0.25) is 0 Å². The standard InChI is InChI=1S/C16H20N2O5/c1-10(8-13(19)14-4-3-6-23-14)17-15(20)11(2)18-16(21)12-5-7-22-9-12/h3-7,9-11,13,19H,8H2,1-2H3,(H,17,20)(H,18,21). The van der Waals surface area contributed by atoms with E-state index in [4.69, 9.17) is 8.83 Å². The third kappa shape index (κ3) is 4.72. The highest BCUT2D eigenvalue weighted by atomic mass is 16.4. The molecule has 0 saturated heterocycles. The van der Waals surface area contributed by atoms with E-state index in [0.29, 0.717) is 17.7 Å². The summed E-state index contributed by atoms with van der Waals surface area (Å²) >= 11 is 0. The van der Waals surface area contributed by atoms with Crippen molar-refractivity contribution in [2.24, 2.45) is 0 Å². The van der Waals surface area contributed by atoms with Gasteiger partial charge in [0.1, 0.15) is 24.2 Å². The molecule has 3 unspecified atom stereocenters. The Morgan fingerprint density at radius 1 is 1.22 bits per heavy atom. The van der Waals surface area contributed by atoms with E-state index < -0.39 is 12.1 Å². The zero-order valence-electron chi connectivity index (χ0n) is 13.0. The lowest BCUT2D eigenvalue weighted by molar-refractivity contribution is -0.123. The summed E-state index contributed by atoms with van der Waals surface area (Å²) in [5.41, 5.74) is 0.353. The number of carbonyl (C=O) groups is 2. The SMILES string of the molecule is CC(CC(O)c1ccco1)NC(=O)C(C)NC(=O)c1ccoc1. The third-order valence-corrected chi connectivity index (χ3v) is 3.36. The molecule has 0 aliphatic heterocycles. The van der Waals surface area contributed by atoms with Gasteiger partial charge in [-0.2, -0.15) is 0 Å². The molecule has 124 valence electrons. The first-order valence-corrected chi connectivity index (χ1v) is 7.32. The van der Waals surface area contributed by atoms with Gasteiger partial charge in [-0.25, -0.2) is 0 Å². The highest BCUT2D eigenvalue weighted by Crippen LogP contribution is 2.18. The average Bonchev–Trinajstić information content (AvgIpc) is 3.20. The highest BCUT2D eigenvalue weighted by molar-refractivity contribution is 5.97. The van der Waals surface area contributed by atoms with Gasteiger partial charge in [0.2, 0.25) is 5.91 Å². The number of rotatable bonds is 7. The van der Waals surface area contributed by atoms with Crippen molar-refractivity contribution in [3.63, 3.8) is 0 Å². The second-order valence-corrected chi connectivity index (χ2v) is 5.38. The molecule has 7 nitrogen and oxygen atoms in total. The van der Waals surface area contributed by atoms with Gasteiger partial charge in [0, 0.05) is 12.5 Å². The molecular weight excluding hydrogens is 300 g/mol. The molecule has 7 heteroatoms. The minimum Gasteiger partial charge on any atom is -0.472 e. The molecule has 3 N–H and O–H groups in total. The molecule has 0 bridgehead atoms. The molecule has 2 aromatic heterocycles. The van der Waals surface area contributed by atoms with Crippen LogP contribution in [0.15, 0.2) is 45.8 Å². The molecule has 0 radical (unpaired) electrons. The van der Waals surface area contributed by atoms with E-state index in [1.807, 2.05) is 0 Å². The molecule has 0 fully saturated rings. The minimum absolute atomic E-state index is 0.282. The predicted octanol–water partition coefficient (Wildman–Crippen LogP) is 1.62. The quantitative estimate of drug-likeness (QED) is 0.719. The zero-order chi connectivity index (χ0) is 16.8. The highest BCUT2D eigenvalue weighted by Gasteiger charge is 2.21. The van der Waals surface area contributed by atoms with Gasteiger partial charge in [-0.3, -0.25) is 9.59 Å². The van der Waals surface area contributed by atoms with Gasteiger partial charge in [0.05, 0.1) is 18.1 Å². The number of hydrogen-bond donors (Lipinski definition) is 3. The van der Waals surface area contributed by atoms with E-state index in [9.17, 15) is 14.7 Å². The smallest absolute Gasteiger partial charge is 0.255 e. The molecule has 23 heavy (non-hydrogen) atoms. The van der Waals surface area contributed by atoms with Crippen molar-refractivity contribution in [1.82, 2.24) is 10.6 Å². The van der Waals surface area contributed by atoms with Crippen LogP contribution in [0.1, 0.15) is 42.5 Å². The lowest BCUT2D eigenvalue weighted by atomic mass is 10.1. The number of nitrogens with one attached hydrogen (secondary N) is 2. The first-order valence-electron chi connectivity index (χ1n) is 7.32. The van der Waals surface area contributed by atoms with Crippen LogP contribution in [-0.2, 0) is 4.79 Å². The Morgan fingerprint density at radius 3 is 2.61 bits per heavy atom. The fraction of sp³-hybridized carbons (Fsp3) is 0.375. The summed E-state index contributed by atoms with van der Waals surface area (Å²) in [4.78, 5) is 23.9. The molecule has 2 amide bonds. The van der Waals surface area contributed by atoms with Crippen LogP contribution in [-0.4, -0.2) is 29.0 Å². The van der Waals surface area contributed by atoms with Crippen molar-refractivity contribution in [2.45, 2.75) is 38.5 Å². The van der Waals surface area contributed by atoms with Crippen LogP contribution < -0.4 is 10.6 Å². The molecule has 0 aliphatic carbocycles. The number of furan rings is 2. The van der Waals surface area contributed by atoms with Crippen molar-refractivity contribution < 1.29 is 23.5 Å². The first-order chi connectivity index (χ1) is 11.0. The lowest BCUT2D eigenvalue weighted by Crippen LogP contribution is -2.47. The topological polar surface area (TPSA) is 105 Å². The van der Waals surface area contributed by atoms with Crippen molar-refractivity contribution in [2.75, 3.05) is 0 Å². The molecule has 0 saturated carbocycles. The maximum atomic E-state index is 12.1. The van der Waals surface area contributed by atoms with Crippen molar-refractivity contribution >= 4 is 11.8 Å². The van der Waals surface area contributed by atoms with Crippen LogP contribution in [0.3, 0.4) is 0 Å². The van der Waals surface area contributed by atoms with Crippen LogP contribution >= 0.6 is 0 Å². The molecular formula is C16H20N2O5. The van der Waals surface area contributed by atoms with Crippen LogP contribution in [0.25, 0.3) is 0 Å². The molecule has 2 heterocycles. The van der Waals surface area contributed by atoms with Gasteiger partial charge in [-0.05, 0) is 32.0 Å². The van der Waals surface area contributed by atoms with Crippen LogP contribution in [0.4, 0.5) is 0 Å². The Balaban J connectivity index is 1.79. The van der Waals surface area contributed by atoms with E-state index in [-0.39, 0.29) is 17.9 Å². The predicted molar refractivity (Wildman–Crippen MR) is 81.5 cm³/mol. The Kier molecular flexibility index (Phi) is 5.59. The largest absolute Gasteiger partial charge is 0.472 e.